The Morgan fingerprint density at radius 3 is 2.62 bits per heavy atom. The lowest BCUT2D eigenvalue weighted by atomic mass is 10.1. The molecule has 0 radical (unpaired) electrons. The van der Waals surface area contributed by atoms with Crippen LogP contribution in [-0.2, 0) is 0 Å². The number of nitrogens with zero attached hydrogens (tertiary/aromatic N) is 1. The molecule has 3 N–H and O–H groups in total. The number of hydrogen-bond acceptors (Lipinski definition) is 4. The Labute approximate surface area is 156 Å². The Kier molecular flexibility index (Phi) is 5.76. The second-order valence-electron chi connectivity index (χ2n) is 5.62. The Morgan fingerprint density at radius 1 is 1.12 bits per heavy atom. The van der Waals surface area contributed by atoms with Crippen LogP contribution in [-0.4, -0.2) is 19.4 Å². The molecule has 1 aliphatic rings. The summed E-state index contributed by atoms with van der Waals surface area (Å²) in [4.78, 5) is 12.2. The first-order chi connectivity index (χ1) is 12.7. The summed E-state index contributed by atoms with van der Waals surface area (Å²) >= 11 is 5.85. The molecule has 2 aromatic rings. The van der Waals surface area contributed by atoms with Crippen molar-refractivity contribution < 1.29 is 9.53 Å². The lowest BCUT2D eigenvalue weighted by Crippen LogP contribution is -2.19. The minimum atomic E-state index is -0.343. The predicted octanol–water partition coefficient (Wildman–Crippen LogP) is 4.70. The highest BCUT2D eigenvalue weighted by Crippen LogP contribution is 2.29. The molecule has 3 rings (SSSR count). The molecule has 1 aliphatic heterocycles. The van der Waals surface area contributed by atoms with Gasteiger partial charge in [0, 0.05) is 28.2 Å². The number of carbonyl (C=O) groups is 1. The molecule has 134 valence electrons. The van der Waals surface area contributed by atoms with Crippen LogP contribution in [0.15, 0.2) is 53.6 Å². The average molecular weight is 371 g/mol. The van der Waals surface area contributed by atoms with Crippen molar-refractivity contribution in [1.29, 1.82) is 0 Å². The van der Waals surface area contributed by atoms with Crippen LogP contribution in [0.5, 0.6) is 5.75 Å². The number of hydrogen-bond donors (Lipinski definition) is 3. The maximum atomic E-state index is 12.2. The van der Waals surface area contributed by atoms with Crippen molar-refractivity contribution in [2.24, 2.45) is 5.10 Å². The number of ether oxygens (including phenoxy) is 1. The SMILES string of the molecule is COc1ccc(NC(=O)Nc2ccc(Cl)cc2)cc1C1=CCCC=NN1. The summed E-state index contributed by atoms with van der Waals surface area (Å²) in [6.07, 6.45) is 5.64. The summed E-state index contributed by atoms with van der Waals surface area (Å²) in [6, 6.07) is 12.0. The van der Waals surface area contributed by atoms with E-state index in [2.05, 4.69) is 27.2 Å². The second-order valence-corrected chi connectivity index (χ2v) is 6.06. The van der Waals surface area contributed by atoms with Gasteiger partial charge in [-0.15, -0.1) is 0 Å². The van der Waals surface area contributed by atoms with Gasteiger partial charge in [0.25, 0.3) is 0 Å². The molecular formula is C19H19ClN4O2. The highest BCUT2D eigenvalue weighted by Gasteiger charge is 2.12. The lowest BCUT2D eigenvalue weighted by molar-refractivity contribution is 0.262. The van der Waals surface area contributed by atoms with Gasteiger partial charge in [0.2, 0.25) is 0 Å². The number of urea groups is 1. The minimum Gasteiger partial charge on any atom is -0.496 e. The van der Waals surface area contributed by atoms with Gasteiger partial charge < -0.3 is 15.4 Å². The first-order valence-electron chi connectivity index (χ1n) is 8.15. The number of carbonyl (C=O) groups excluding carboxylic acids is 1. The number of rotatable bonds is 4. The highest BCUT2D eigenvalue weighted by molar-refractivity contribution is 6.30. The second kappa shape index (κ2) is 8.40. The standard InChI is InChI=1S/C19H19ClN4O2/c1-26-18-10-9-15(12-16(18)17-4-2-3-11-21-24-17)23-19(25)22-14-7-5-13(20)6-8-14/h4-12,24H,2-3H2,1H3,(H2,22,23,25). The number of allylic oxidation sites excluding steroid dienone is 1. The minimum absolute atomic E-state index is 0.343. The van der Waals surface area contributed by atoms with E-state index < -0.39 is 0 Å². The number of benzene rings is 2. The lowest BCUT2D eigenvalue weighted by Gasteiger charge is -2.14. The van der Waals surface area contributed by atoms with E-state index in [1.165, 1.54) is 0 Å². The molecule has 0 aliphatic carbocycles. The van der Waals surface area contributed by atoms with Gasteiger partial charge in [-0.1, -0.05) is 17.7 Å². The molecule has 26 heavy (non-hydrogen) atoms. The Bertz CT molecular complexity index is 847. The van der Waals surface area contributed by atoms with Crippen molar-refractivity contribution in [1.82, 2.24) is 5.43 Å². The summed E-state index contributed by atoms with van der Waals surface area (Å²) in [5, 5.41) is 10.3. The zero-order chi connectivity index (χ0) is 18.4. The van der Waals surface area contributed by atoms with Gasteiger partial charge in [-0.3, -0.25) is 5.43 Å². The molecule has 0 unspecified atom stereocenters. The van der Waals surface area contributed by atoms with Crippen molar-refractivity contribution in [2.75, 3.05) is 17.7 Å². The van der Waals surface area contributed by atoms with Gasteiger partial charge in [0.15, 0.2) is 0 Å². The molecule has 2 amide bonds. The van der Waals surface area contributed by atoms with Crippen molar-refractivity contribution in [3.8, 4) is 5.75 Å². The van der Waals surface area contributed by atoms with E-state index >= 15 is 0 Å². The van der Waals surface area contributed by atoms with Crippen LogP contribution < -0.4 is 20.8 Å². The first-order valence-corrected chi connectivity index (χ1v) is 8.53. The van der Waals surface area contributed by atoms with E-state index in [0.29, 0.717) is 22.1 Å². The van der Waals surface area contributed by atoms with E-state index in [1.807, 2.05) is 18.3 Å². The molecule has 0 fully saturated rings. The third-order valence-electron chi connectivity index (χ3n) is 3.77. The van der Waals surface area contributed by atoms with Crippen LogP contribution in [0.1, 0.15) is 18.4 Å². The first kappa shape index (κ1) is 17.8. The normalized spacial score (nSPS) is 13.2. The van der Waals surface area contributed by atoms with Crippen LogP contribution in [0, 0.1) is 0 Å². The maximum Gasteiger partial charge on any atom is 0.323 e. The van der Waals surface area contributed by atoms with Gasteiger partial charge >= 0.3 is 6.03 Å². The molecule has 0 bridgehead atoms. The van der Waals surface area contributed by atoms with Crippen molar-refractivity contribution in [3.63, 3.8) is 0 Å². The van der Waals surface area contributed by atoms with E-state index in [1.54, 1.807) is 37.4 Å². The van der Waals surface area contributed by atoms with E-state index in [0.717, 1.165) is 24.1 Å². The number of halogens is 1. The quantitative estimate of drug-likeness (QED) is 0.730. The number of amides is 2. The average Bonchev–Trinajstić information content (AvgIpc) is 2.93. The van der Waals surface area contributed by atoms with E-state index in [4.69, 9.17) is 16.3 Å². The number of nitrogens with one attached hydrogen (secondary N) is 3. The smallest absolute Gasteiger partial charge is 0.323 e. The highest BCUT2D eigenvalue weighted by atomic mass is 35.5. The van der Waals surface area contributed by atoms with Gasteiger partial charge in [-0.05, 0) is 55.3 Å². The van der Waals surface area contributed by atoms with Crippen LogP contribution in [0.3, 0.4) is 0 Å². The zero-order valence-electron chi connectivity index (χ0n) is 14.3. The van der Waals surface area contributed by atoms with Crippen LogP contribution in [0.4, 0.5) is 16.2 Å². The molecule has 1 heterocycles. The van der Waals surface area contributed by atoms with Crippen LogP contribution in [0.25, 0.3) is 5.70 Å². The van der Waals surface area contributed by atoms with Gasteiger partial charge in [0.1, 0.15) is 5.75 Å². The third kappa shape index (κ3) is 4.55. The molecular weight excluding hydrogens is 352 g/mol. The van der Waals surface area contributed by atoms with Crippen LogP contribution in [0.2, 0.25) is 5.02 Å². The van der Waals surface area contributed by atoms with Crippen molar-refractivity contribution in [2.45, 2.75) is 12.8 Å². The molecule has 0 aromatic heterocycles. The fourth-order valence-electron chi connectivity index (χ4n) is 2.52. The molecule has 0 spiro atoms. The Balaban J connectivity index is 1.76. The topological polar surface area (TPSA) is 74.8 Å². The maximum absolute atomic E-state index is 12.2. The molecule has 7 heteroatoms. The summed E-state index contributed by atoms with van der Waals surface area (Å²) in [6.45, 7) is 0. The largest absolute Gasteiger partial charge is 0.496 e. The fraction of sp³-hybridized carbons (Fsp3) is 0.158. The number of anilines is 2. The number of hydrazone groups is 1. The molecule has 0 atom stereocenters. The van der Waals surface area contributed by atoms with Crippen LogP contribution >= 0.6 is 11.6 Å². The number of methoxy groups -OCH3 is 1. The van der Waals surface area contributed by atoms with Gasteiger partial charge in [-0.25, -0.2) is 4.79 Å². The van der Waals surface area contributed by atoms with Gasteiger partial charge in [0.05, 0.1) is 12.8 Å². The predicted molar refractivity (Wildman–Crippen MR) is 106 cm³/mol. The molecule has 0 saturated heterocycles. The van der Waals surface area contributed by atoms with Crippen molar-refractivity contribution in [3.05, 3.63) is 59.1 Å². The summed E-state index contributed by atoms with van der Waals surface area (Å²) in [7, 11) is 1.61. The summed E-state index contributed by atoms with van der Waals surface area (Å²) in [5.41, 5.74) is 5.98. The summed E-state index contributed by atoms with van der Waals surface area (Å²) in [5.74, 6) is 0.699. The zero-order valence-corrected chi connectivity index (χ0v) is 15.0. The third-order valence-corrected chi connectivity index (χ3v) is 4.02. The van der Waals surface area contributed by atoms with Gasteiger partial charge in [-0.2, -0.15) is 5.10 Å². The molecule has 2 aromatic carbocycles. The molecule has 0 saturated carbocycles. The Hall–Kier alpha value is -2.99. The van der Waals surface area contributed by atoms with E-state index in [-0.39, 0.29) is 6.03 Å². The van der Waals surface area contributed by atoms with Crippen molar-refractivity contribution >= 4 is 40.9 Å². The molecule has 6 nitrogen and oxygen atoms in total. The fourth-order valence-corrected chi connectivity index (χ4v) is 2.65. The van der Waals surface area contributed by atoms with E-state index in [9.17, 15) is 4.79 Å². The monoisotopic (exact) mass is 370 g/mol. The summed E-state index contributed by atoms with van der Waals surface area (Å²) < 4.78 is 5.43. The Morgan fingerprint density at radius 2 is 1.85 bits per heavy atom.